The highest BCUT2D eigenvalue weighted by atomic mass is 16.5. The molecule has 4 rings (SSSR count). The van der Waals surface area contributed by atoms with E-state index in [1.54, 1.807) is 0 Å². The summed E-state index contributed by atoms with van der Waals surface area (Å²) in [6, 6.07) is 16.4. The molecule has 2 aliphatic rings. The van der Waals surface area contributed by atoms with Gasteiger partial charge in [-0.2, -0.15) is 0 Å². The van der Waals surface area contributed by atoms with E-state index < -0.39 is 0 Å². The van der Waals surface area contributed by atoms with Gasteiger partial charge in [-0.1, -0.05) is 12.1 Å². The third-order valence-corrected chi connectivity index (χ3v) is 5.28. The maximum Gasteiger partial charge on any atom is 0.217 e. The van der Waals surface area contributed by atoms with Gasteiger partial charge in [-0.25, -0.2) is 0 Å². The predicted molar refractivity (Wildman–Crippen MR) is 110 cm³/mol. The van der Waals surface area contributed by atoms with Crippen LogP contribution >= 0.6 is 0 Å². The van der Waals surface area contributed by atoms with Crippen LogP contribution in [-0.4, -0.2) is 31.2 Å². The van der Waals surface area contributed by atoms with Crippen molar-refractivity contribution < 1.29 is 14.3 Å². The summed E-state index contributed by atoms with van der Waals surface area (Å²) in [6.07, 6.45) is 3.98. The first-order chi connectivity index (χ1) is 13.6. The van der Waals surface area contributed by atoms with E-state index in [0.29, 0.717) is 6.10 Å². The zero-order chi connectivity index (χ0) is 19.5. The molecule has 148 valence electrons. The lowest BCUT2D eigenvalue weighted by Crippen LogP contribution is -2.24. The molecule has 1 aliphatic heterocycles. The van der Waals surface area contributed by atoms with Crippen LogP contribution in [0.25, 0.3) is 0 Å². The van der Waals surface area contributed by atoms with E-state index in [2.05, 4.69) is 34.5 Å². The molecule has 1 saturated heterocycles. The monoisotopic (exact) mass is 380 g/mol. The number of amides is 1. The van der Waals surface area contributed by atoms with Gasteiger partial charge in [0.25, 0.3) is 0 Å². The van der Waals surface area contributed by atoms with Crippen LogP contribution in [0.3, 0.4) is 0 Å². The highest BCUT2D eigenvalue weighted by Gasteiger charge is 2.25. The number of nitrogens with zero attached hydrogens (tertiary/aromatic N) is 1. The quantitative estimate of drug-likeness (QED) is 0.786. The van der Waals surface area contributed by atoms with Gasteiger partial charge in [0.15, 0.2) is 0 Å². The molecule has 1 aliphatic carbocycles. The van der Waals surface area contributed by atoms with Gasteiger partial charge < -0.3 is 19.7 Å². The number of carbonyl (C=O) groups is 1. The highest BCUT2D eigenvalue weighted by Crippen LogP contribution is 2.29. The number of anilines is 1. The number of rotatable bonds is 7. The van der Waals surface area contributed by atoms with E-state index in [-0.39, 0.29) is 18.1 Å². The average molecular weight is 380 g/mol. The van der Waals surface area contributed by atoms with Crippen molar-refractivity contribution in [1.82, 2.24) is 5.32 Å². The van der Waals surface area contributed by atoms with E-state index in [9.17, 15) is 4.79 Å². The highest BCUT2D eigenvalue weighted by molar-refractivity contribution is 5.73. The second-order valence-corrected chi connectivity index (χ2v) is 7.78. The van der Waals surface area contributed by atoms with Gasteiger partial charge in [0.2, 0.25) is 5.91 Å². The fourth-order valence-electron chi connectivity index (χ4n) is 3.59. The van der Waals surface area contributed by atoms with Crippen LogP contribution in [0.5, 0.6) is 11.5 Å². The molecule has 5 nitrogen and oxygen atoms in total. The molecule has 2 fully saturated rings. The first kappa shape index (κ1) is 18.7. The summed E-state index contributed by atoms with van der Waals surface area (Å²) in [7, 11) is 0. The average Bonchev–Trinajstić information content (AvgIpc) is 3.37. The molecule has 0 unspecified atom stereocenters. The lowest BCUT2D eigenvalue weighted by molar-refractivity contribution is -0.119. The van der Waals surface area contributed by atoms with Gasteiger partial charge in [-0.05, 0) is 61.7 Å². The number of ether oxygens (including phenoxy) is 2. The Bertz CT molecular complexity index is 800. The lowest BCUT2D eigenvalue weighted by atomic mass is 10.1. The minimum atomic E-state index is -0.0222. The Morgan fingerprint density at radius 1 is 0.964 bits per heavy atom. The van der Waals surface area contributed by atoms with E-state index in [4.69, 9.17) is 9.47 Å². The Hall–Kier alpha value is -2.69. The molecule has 0 bridgehead atoms. The smallest absolute Gasteiger partial charge is 0.217 e. The van der Waals surface area contributed by atoms with Crippen LogP contribution in [-0.2, 0) is 4.79 Å². The standard InChI is InChI=1S/C23H28N2O3/c1-16(24-17(2)26)18-3-7-20(8-4-18)28-23-13-14-25(15-23)19-5-9-21(10-6-19)27-22-11-12-22/h3-10,16,22-23H,11-15H2,1-2H3,(H,24,26)/t16-,23-/m0/s1. The van der Waals surface area contributed by atoms with Crippen molar-refractivity contribution in [3.63, 3.8) is 0 Å². The van der Waals surface area contributed by atoms with Crippen molar-refractivity contribution in [3.8, 4) is 11.5 Å². The molecule has 1 heterocycles. The number of carbonyl (C=O) groups excluding carboxylic acids is 1. The molecule has 2 aromatic rings. The summed E-state index contributed by atoms with van der Waals surface area (Å²) in [5.41, 5.74) is 2.29. The predicted octanol–water partition coefficient (Wildman–Crippen LogP) is 4.08. The van der Waals surface area contributed by atoms with Crippen molar-refractivity contribution >= 4 is 11.6 Å². The van der Waals surface area contributed by atoms with Crippen LogP contribution in [0.1, 0.15) is 44.7 Å². The van der Waals surface area contributed by atoms with Crippen molar-refractivity contribution in [2.75, 3.05) is 18.0 Å². The van der Waals surface area contributed by atoms with Crippen LogP contribution in [0.2, 0.25) is 0 Å². The van der Waals surface area contributed by atoms with Crippen molar-refractivity contribution in [2.24, 2.45) is 0 Å². The van der Waals surface area contributed by atoms with Gasteiger partial charge in [-0.15, -0.1) is 0 Å². The van der Waals surface area contributed by atoms with E-state index in [1.807, 2.05) is 31.2 Å². The Kier molecular flexibility index (Phi) is 5.42. The summed E-state index contributed by atoms with van der Waals surface area (Å²) < 4.78 is 12.0. The second kappa shape index (κ2) is 8.13. The normalized spacial score (nSPS) is 19.9. The minimum Gasteiger partial charge on any atom is -0.490 e. The third-order valence-electron chi connectivity index (χ3n) is 5.28. The Morgan fingerprint density at radius 3 is 2.18 bits per heavy atom. The molecule has 5 heteroatoms. The maximum atomic E-state index is 11.2. The molecule has 0 radical (unpaired) electrons. The van der Waals surface area contributed by atoms with E-state index in [1.165, 1.54) is 25.5 Å². The van der Waals surface area contributed by atoms with E-state index in [0.717, 1.165) is 36.6 Å². The number of nitrogens with one attached hydrogen (secondary N) is 1. The first-order valence-corrected chi connectivity index (χ1v) is 10.1. The third kappa shape index (κ3) is 4.77. The summed E-state index contributed by atoms with van der Waals surface area (Å²) in [4.78, 5) is 13.6. The van der Waals surface area contributed by atoms with Crippen LogP contribution in [0, 0.1) is 0 Å². The zero-order valence-corrected chi connectivity index (χ0v) is 16.6. The Labute approximate surface area is 166 Å². The SMILES string of the molecule is CC(=O)N[C@@H](C)c1ccc(O[C@H]2CCN(c3ccc(OC4CC4)cc3)C2)cc1. The van der Waals surface area contributed by atoms with Crippen molar-refractivity contribution in [1.29, 1.82) is 0 Å². The van der Waals surface area contributed by atoms with Crippen LogP contribution in [0.4, 0.5) is 5.69 Å². The maximum absolute atomic E-state index is 11.2. The molecule has 1 N–H and O–H groups in total. The van der Waals surface area contributed by atoms with Gasteiger partial charge in [0.1, 0.15) is 17.6 Å². The summed E-state index contributed by atoms with van der Waals surface area (Å²) in [5, 5.41) is 2.90. The molecule has 0 aromatic heterocycles. The Balaban J connectivity index is 1.30. The fraction of sp³-hybridized carbons (Fsp3) is 0.435. The largest absolute Gasteiger partial charge is 0.490 e. The van der Waals surface area contributed by atoms with Gasteiger partial charge in [0.05, 0.1) is 18.7 Å². The topological polar surface area (TPSA) is 50.8 Å². The zero-order valence-electron chi connectivity index (χ0n) is 16.6. The second-order valence-electron chi connectivity index (χ2n) is 7.78. The molecular formula is C23H28N2O3. The summed E-state index contributed by atoms with van der Waals surface area (Å²) >= 11 is 0. The van der Waals surface area contributed by atoms with Gasteiger partial charge >= 0.3 is 0 Å². The van der Waals surface area contributed by atoms with Gasteiger partial charge in [0, 0.05) is 25.6 Å². The van der Waals surface area contributed by atoms with Crippen molar-refractivity contribution in [2.45, 2.75) is 51.4 Å². The number of hydrogen-bond donors (Lipinski definition) is 1. The van der Waals surface area contributed by atoms with E-state index >= 15 is 0 Å². The minimum absolute atomic E-state index is 0.000359. The molecule has 0 spiro atoms. The molecular weight excluding hydrogens is 352 g/mol. The fourth-order valence-corrected chi connectivity index (χ4v) is 3.59. The van der Waals surface area contributed by atoms with Crippen LogP contribution < -0.4 is 19.7 Å². The molecule has 1 amide bonds. The van der Waals surface area contributed by atoms with Gasteiger partial charge in [-0.3, -0.25) is 4.79 Å². The number of benzene rings is 2. The molecule has 28 heavy (non-hydrogen) atoms. The molecule has 1 saturated carbocycles. The summed E-state index contributed by atoms with van der Waals surface area (Å²) in [5.74, 6) is 1.82. The molecule has 2 aromatic carbocycles. The Morgan fingerprint density at radius 2 is 1.57 bits per heavy atom. The number of hydrogen-bond acceptors (Lipinski definition) is 4. The lowest BCUT2D eigenvalue weighted by Gasteiger charge is -2.20. The molecule has 2 atom stereocenters. The van der Waals surface area contributed by atoms with Crippen molar-refractivity contribution in [3.05, 3.63) is 54.1 Å². The first-order valence-electron chi connectivity index (χ1n) is 10.1. The van der Waals surface area contributed by atoms with Crippen LogP contribution in [0.15, 0.2) is 48.5 Å². The summed E-state index contributed by atoms with van der Waals surface area (Å²) in [6.45, 7) is 5.39.